The maximum Gasteiger partial charge on any atom is 0.262 e. The number of pyridine rings is 1. The van der Waals surface area contributed by atoms with Crippen molar-refractivity contribution in [3.63, 3.8) is 0 Å². The molecule has 37 heavy (non-hydrogen) atoms. The molecular formula is C27H34N6O3S. The zero-order valence-electron chi connectivity index (χ0n) is 21.4. The van der Waals surface area contributed by atoms with Gasteiger partial charge in [-0.1, -0.05) is 19.9 Å². The molecule has 5 rings (SSSR count). The summed E-state index contributed by atoms with van der Waals surface area (Å²) in [7, 11) is 0. The number of hydrogen-bond acceptors (Lipinski definition) is 9. The van der Waals surface area contributed by atoms with Gasteiger partial charge < -0.3 is 32.6 Å². The lowest BCUT2D eigenvalue weighted by Gasteiger charge is -2.37. The van der Waals surface area contributed by atoms with Crippen LogP contribution < -0.4 is 32.6 Å². The molecule has 3 heterocycles. The highest BCUT2D eigenvalue weighted by molar-refractivity contribution is 7.21. The number of aryl methyl sites for hydroxylation is 1. The Morgan fingerprint density at radius 2 is 2.14 bits per heavy atom. The van der Waals surface area contributed by atoms with Crippen LogP contribution in [0.5, 0.6) is 5.88 Å². The number of piperidine rings is 1. The van der Waals surface area contributed by atoms with E-state index in [9.17, 15) is 9.59 Å². The Balaban J connectivity index is 1.62. The van der Waals surface area contributed by atoms with Gasteiger partial charge in [-0.15, -0.1) is 11.3 Å². The van der Waals surface area contributed by atoms with E-state index in [-0.39, 0.29) is 11.9 Å². The number of Topliss-reactive ketones (excluding diaryl/α,β-unsaturated/α-hetero) is 1. The summed E-state index contributed by atoms with van der Waals surface area (Å²) in [4.78, 5) is 32.2. The first-order valence-electron chi connectivity index (χ1n) is 12.7. The number of anilines is 1. The highest BCUT2D eigenvalue weighted by atomic mass is 32.1. The number of rotatable bonds is 6. The predicted molar refractivity (Wildman–Crippen MR) is 146 cm³/mol. The minimum absolute atomic E-state index is 0.0183. The highest BCUT2D eigenvalue weighted by Gasteiger charge is 2.49. The average molecular weight is 523 g/mol. The number of nitrogens with one attached hydrogen (secondary N) is 2. The van der Waals surface area contributed by atoms with Gasteiger partial charge in [-0.25, -0.2) is 4.98 Å². The van der Waals surface area contributed by atoms with E-state index < -0.39 is 17.4 Å². The van der Waals surface area contributed by atoms with Crippen molar-refractivity contribution in [2.75, 3.05) is 25.4 Å². The maximum absolute atomic E-state index is 14.0. The summed E-state index contributed by atoms with van der Waals surface area (Å²) in [6, 6.07) is 4.23. The Morgan fingerprint density at radius 3 is 2.81 bits per heavy atom. The standard InChI is InChI=1S/C27H34N6O3S/c1-13(2)12-36-19-9-14(3)17(11-32-19)27(30)16-6-7-18(28)23-20(16)21(22(29)25(27)34)24(37-23)26(35)33-15-5-4-8-31-10-15/h6-7,9,11,13,15,22,31H,4-5,8,10,12,28-30H2,1-3H3,(H,33,35). The molecule has 9 nitrogen and oxygen atoms in total. The molecule has 1 fully saturated rings. The Bertz CT molecular complexity index is 1380. The van der Waals surface area contributed by atoms with Gasteiger partial charge in [0.1, 0.15) is 5.54 Å². The molecule has 196 valence electrons. The number of ether oxygens (including phenoxy) is 1. The second-order valence-corrected chi connectivity index (χ2v) is 11.5. The van der Waals surface area contributed by atoms with Gasteiger partial charge in [0.25, 0.3) is 5.91 Å². The third kappa shape index (κ3) is 4.27. The lowest BCUT2D eigenvalue weighted by molar-refractivity contribution is -0.124. The molecule has 3 unspecified atom stereocenters. The number of nitrogen functional groups attached to an aromatic ring is 1. The number of carbonyl (C=O) groups excluding carboxylic acids is 2. The van der Waals surface area contributed by atoms with E-state index in [1.807, 2.05) is 6.92 Å². The SMILES string of the molecule is Cc1cc(OCC(C)C)ncc1C1(N)C(=O)C(N)c2c(C(=O)NC3CCCNC3)sc3c(N)ccc1c23. The fourth-order valence-electron chi connectivity index (χ4n) is 5.33. The molecular weight excluding hydrogens is 488 g/mol. The van der Waals surface area contributed by atoms with Crippen LogP contribution in [0, 0.1) is 12.8 Å². The van der Waals surface area contributed by atoms with E-state index in [1.54, 1.807) is 24.4 Å². The van der Waals surface area contributed by atoms with E-state index in [1.165, 1.54) is 11.3 Å². The van der Waals surface area contributed by atoms with E-state index in [0.717, 1.165) is 24.9 Å². The molecule has 1 amide bonds. The van der Waals surface area contributed by atoms with Gasteiger partial charge in [-0.05, 0) is 49.4 Å². The van der Waals surface area contributed by atoms with E-state index >= 15 is 0 Å². The number of carbonyl (C=O) groups is 2. The zero-order valence-corrected chi connectivity index (χ0v) is 22.2. The Morgan fingerprint density at radius 1 is 1.35 bits per heavy atom. The average Bonchev–Trinajstić information content (AvgIpc) is 3.28. The molecule has 2 aliphatic rings. The van der Waals surface area contributed by atoms with Crippen molar-refractivity contribution in [1.82, 2.24) is 15.6 Å². The van der Waals surface area contributed by atoms with Crippen LogP contribution in [0.25, 0.3) is 10.1 Å². The normalized spacial score (nSPS) is 23.5. The van der Waals surface area contributed by atoms with Crippen molar-refractivity contribution in [2.24, 2.45) is 17.4 Å². The largest absolute Gasteiger partial charge is 0.477 e. The summed E-state index contributed by atoms with van der Waals surface area (Å²) in [6.07, 6.45) is 3.48. The van der Waals surface area contributed by atoms with Gasteiger partial charge >= 0.3 is 0 Å². The minimum atomic E-state index is -1.55. The third-order valence-corrected chi connectivity index (χ3v) is 8.48. The summed E-state index contributed by atoms with van der Waals surface area (Å²) in [5.74, 6) is 0.188. The van der Waals surface area contributed by atoms with Gasteiger partial charge in [-0.2, -0.15) is 0 Å². The Hall–Kier alpha value is -3.05. The van der Waals surface area contributed by atoms with Gasteiger partial charge in [0.2, 0.25) is 5.88 Å². The molecule has 0 bridgehead atoms. The van der Waals surface area contributed by atoms with Crippen molar-refractivity contribution >= 4 is 38.8 Å². The molecule has 8 N–H and O–H groups in total. The summed E-state index contributed by atoms with van der Waals surface area (Å²) >= 11 is 1.26. The predicted octanol–water partition coefficient (Wildman–Crippen LogP) is 2.49. The molecule has 0 spiro atoms. The molecule has 1 aromatic carbocycles. The van der Waals surface area contributed by atoms with Crippen LogP contribution in [-0.2, 0) is 10.3 Å². The lowest BCUT2D eigenvalue weighted by atomic mass is 9.70. The van der Waals surface area contributed by atoms with Crippen molar-refractivity contribution in [3.05, 3.63) is 51.5 Å². The molecule has 2 aromatic heterocycles. The van der Waals surface area contributed by atoms with Crippen molar-refractivity contribution < 1.29 is 14.3 Å². The Labute approximate surface area is 220 Å². The number of nitrogens with two attached hydrogens (primary N) is 3. The van der Waals surface area contributed by atoms with Crippen LogP contribution >= 0.6 is 11.3 Å². The number of hydrogen-bond donors (Lipinski definition) is 5. The molecule has 1 saturated heterocycles. The number of amides is 1. The first-order valence-corrected chi connectivity index (χ1v) is 13.5. The first kappa shape index (κ1) is 25.6. The number of aromatic nitrogens is 1. The molecule has 3 atom stereocenters. The number of nitrogens with zero attached hydrogens (tertiary/aromatic N) is 1. The van der Waals surface area contributed by atoms with Crippen LogP contribution in [0.15, 0.2) is 24.4 Å². The van der Waals surface area contributed by atoms with Crippen molar-refractivity contribution in [3.8, 4) is 5.88 Å². The molecule has 10 heteroatoms. The van der Waals surface area contributed by atoms with Crippen LogP contribution in [0.2, 0.25) is 0 Å². The number of thiophene rings is 1. The second-order valence-electron chi connectivity index (χ2n) is 10.5. The smallest absolute Gasteiger partial charge is 0.262 e. The van der Waals surface area contributed by atoms with Gasteiger partial charge in [0.05, 0.1) is 22.2 Å². The van der Waals surface area contributed by atoms with Gasteiger partial charge in [-0.3, -0.25) is 9.59 Å². The molecule has 0 saturated carbocycles. The second kappa shape index (κ2) is 9.68. The lowest BCUT2D eigenvalue weighted by Crippen LogP contribution is -2.53. The van der Waals surface area contributed by atoms with Gasteiger partial charge in [0, 0.05) is 47.1 Å². The van der Waals surface area contributed by atoms with E-state index in [0.29, 0.717) is 62.3 Å². The summed E-state index contributed by atoms with van der Waals surface area (Å²) in [5, 5.41) is 7.09. The quantitative estimate of drug-likeness (QED) is 0.309. The van der Waals surface area contributed by atoms with E-state index in [2.05, 4.69) is 29.5 Å². The van der Waals surface area contributed by atoms with Crippen LogP contribution in [0.1, 0.15) is 64.7 Å². The van der Waals surface area contributed by atoms with Crippen LogP contribution in [0.4, 0.5) is 5.69 Å². The Kier molecular flexibility index (Phi) is 6.70. The fraction of sp³-hybridized carbons (Fsp3) is 0.444. The van der Waals surface area contributed by atoms with Gasteiger partial charge in [0.15, 0.2) is 5.78 Å². The summed E-state index contributed by atoms with van der Waals surface area (Å²) in [6.45, 7) is 8.17. The zero-order chi connectivity index (χ0) is 26.5. The summed E-state index contributed by atoms with van der Waals surface area (Å²) < 4.78 is 6.48. The number of benzene rings is 1. The first-order chi connectivity index (χ1) is 17.6. The van der Waals surface area contributed by atoms with Crippen molar-refractivity contribution in [2.45, 2.75) is 51.2 Å². The van der Waals surface area contributed by atoms with Crippen molar-refractivity contribution in [1.29, 1.82) is 0 Å². The topological polar surface area (TPSA) is 158 Å². The molecule has 1 aliphatic heterocycles. The monoisotopic (exact) mass is 522 g/mol. The minimum Gasteiger partial charge on any atom is -0.477 e. The molecule has 3 aromatic rings. The summed E-state index contributed by atoms with van der Waals surface area (Å²) in [5.41, 5.74) is 21.3. The van der Waals surface area contributed by atoms with E-state index in [4.69, 9.17) is 21.9 Å². The van der Waals surface area contributed by atoms with Crippen LogP contribution in [0.3, 0.4) is 0 Å². The highest BCUT2D eigenvalue weighted by Crippen LogP contribution is 2.49. The number of ketones is 1. The van der Waals surface area contributed by atoms with Crippen LogP contribution in [-0.4, -0.2) is 42.4 Å². The molecule has 1 aliphatic carbocycles. The third-order valence-electron chi connectivity index (χ3n) is 7.23. The maximum atomic E-state index is 14.0. The molecule has 0 radical (unpaired) electrons. The fourth-order valence-corrected chi connectivity index (χ4v) is 6.53.